The number of carbonyl (C=O) groups is 1. The highest BCUT2D eigenvalue weighted by Gasteiger charge is 2.08. The van der Waals surface area contributed by atoms with Gasteiger partial charge >= 0.3 is 0 Å². The number of nitrogens with one attached hydrogen (secondary N) is 1. The van der Waals surface area contributed by atoms with Crippen LogP contribution < -0.4 is 5.32 Å². The average Bonchev–Trinajstić information content (AvgIpc) is 3.21. The molecule has 3 aromatic carbocycles. The first kappa shape index (κ1) is 21.5. The fourth-order valence-corrected chi connectivity index (χ4v) is 3.45. The smallest absolute Gasteiger partial charge is 0.248 e. The normalized spacial score (nSPS) is 11.7. The Labute approximate surface area is 188 Å². The van der Waals surface area contributed by atoms with Crippen molar-refractivity contribution in [2.24, 2.45) is 0 Å². The SMILES string of the molecule is CC(C)c1ccc(/C=C/C(=O)Nc2ccc3nn(-c4ccc(C(C)C)cc4)nc3c2)cc1. The highest BCUT2D eigenvalue weighted by atomic mass is 16.1. The Kier molecular flexibility index (Phi) is 6.17. The van der Waals surface area contributed by atoms with Crippen molar-refractivity contribution in [2.45, 2.75) is 39.5 Å². The molecule has 5 heteroatoms. The molecule has 0 spiro atoms. The lowest BCUT2D eigenvalue weighted by atomic mass is 10.0. The van der Waals surface area contributed by atoms with Crippen LogP contribution in [0.25, 0.3) is 22.8 Å². The summed E-state index contributed by atoms with van der Waals surface area (Å²) in [6.07, 6.45) is 3.36. The second-order valence-corrected chi connectivity index (χ2v) is 8.58. The number of hydrogen-bond donors (Lipinski definition) is 1. The van der Waals surface area contributed by atoms with Gasteiger partial charge in [0, 0.05) is 11.8 Å². The number of anilines is 1. The molecule has 4 aromatic rings. The summed E-state index contributed by atoms with van der Waals surface area (Å²) in [6.45, 7) is 8.66. The van der Waals surface area contributed by atoms with Gasteiger partial charge in [-0.2, -0.15) is 4.80 Å². The van der Waals surface area contributed by atoms with Gasteiger partial charge in [-0.15, -0.1) is 10.2 Å². The minimum atomic E-state index is -0.186. The molecule has 4 rings (SSSR count). The Morgan fingerprint density at radius 1 is 0.812 bits per heavy atom. The van der Waals surface area contributed by atoms with E-state index in [1.54, 1.807) is 10.9 Å². The summed E-state index contributed by atoms with van der Waals surface area (Å²) in [5.74, 6) is 0.783. The number of amides is 1. The monoisotopic (exact) mass is 424 g/mol. The molecule has 0 aliphatic heterocycles. The van der Waals surface area contributed by atoms with Crippen molar-refractivity contribution in [2.75, 3.05) is 5.32 Å². The third-order valence-electron chi connectivity index (χ3n) is 5.47. The lowest BCUT2D eigenvalue weighted by Gasteiger charge is -2.05. The van der Waals surface area contributed by atoms with Crippen LogP contribution >= 0.6 is 0 Å². The molecule has 0 atom stereocenters. The summed E-state index contributed by atoms with van der Waals surface area (Å²) in [5.41, 5.74) is 6.64. The van der Waals surface area contributed by atoms with Crippen molar-refractivity contribution >= 4 is 28.7 Å². The van der Waals surface area contributed by atoms with E-state index in [0.29, 0.717) is 17.5 Å². The minimum Gasteiger partial charge on any atom is -0.322 e. The van der Waals surface area contributed by atoms with Crippen LogP contribution in [0.3, 0.4) is 0 Å². The zero-order valence-electron chi connectivity index (χ0n) is 18.9. The van der Waals surface area contributed by atoms with Crippen LogP contribution in [0, 0.1) is 0 Å². The third-order valence-corrected chi connectivity index (χ3v) is 5.47. The van der Waals surface area contributed by atoms with Crippen LogP contribution in [0.15, 0.2) is 72.8 Å². The molecule has 0 saturated heterocycles. The first-order valence-electron chi connectivity index (χ1n) is 11.0. The summed E-state index contributed by atoms with van der Waals surface area (Å²) in [7, 11) is 0. The van der Waals surface area contributed by atoms with Gasteiger partial charge in [0.05, 0.1) is 5.69 Å². The maximum atomic E-state index is 12.4. The maximum absolute atomic E-state index is 12.4. The Bertz CT molecular complexity index is 1250. The van der Waals surface area contributed by atoms with E-state index < -0.39 is 0 Å². The molecule has 1 aromatic heterocycles. The van der Waals surface area contributed by atoms with E-state index in [4.69, 9.17) is 0 Å². The van der Waals surface area contributed by atoms with Gasteiger partial charge in [-0.05, 0) is 64.9 Å². The maximum Gasteiger partial charge on any atom is 0.248 e. The van der Waals surface area contributed by atoms with Crippen molar-refractivity contribution in [3.63, 3.8) is 0 Å². The largest absolute Gasteiger partial charge is 0.322 e. The van der Waals surface area contributed by atoms with Crippen LogP contribution in [0.1, 0.15) is 56.2 Å². The van der Waals surface area contributed by atoms with Gasteiger partial charge in [0.1, 0.15) is 11.0 Å². The highest BCUT2D eigenvalue weighted by Crippen LogP contribution is 2.20. The Balaban J connectivity index is 1.46. The van der Waals surface area contributed by atoms with Crippen LogP contribution in [-0.4, -0.2) is 20.9 Å². The van der Waals surface area contributed by atoms with Crippen LogP contribution in [0.2, 0.25) is 0 Å². The zero-order valence-corrected chi connectivity index (χ0v) is 18.9. The summed E-state index contributed by atoms with van der Waals surface area (Å²) in [5, 5.41) is 12.0. The molecule has 1 N–H and O–H groups in total. The Morgan fingerprint density at radius 2 is 1.41 bits per heavy atom. The van der Waals surface area contributed by atoms with Gasteiger partial charge in [-0.1, -0.05) is 64.1 Å². The molecule has 0 fully saturated rings. The molecular formula is C27H28N4O. The van der Waals surface area contributed by atoms with E-state index in [9.17, 15) is 4.79 Å². The molecule has 0 unspecified atom stereocenters. The second-order valence-electron chi connectivity index (χ2n) is 8.58. The number of benzene rings is 3. The lowest BCUT2D eigenvalue weighted by Crippen LogP contribution is -2.07. The molecule has 0 bridgehead atoms. The highest BCUT2D eigenvalue weighted by molar-refractivity contribution is 6.02. The van der Waals surface area contributed by atoms with E-state index >= 15 is 0 Å². The molecule has 32 heavy (non-hydrogen) atoms. The van der Waals surface area contributed by atoms with Crippen LogP contribution in [0.5, 0.6) is 0 Å². The van der Waals surface area contributed by atoms with Crippen molar-refractivity contribution in [1.29, 1.82) is 0 Å². The van der Waals surface area contributed by atoms with E-state index in [-0.39, 0.29) is 5.91 Å². The number of rotatable bonds is 6. The number of aromatic nitrogens is 3. The number of fused-ring (bicyclic) bond motifs is 1. The van der Waals surface area contributed by atoms with E-state index in [2.05, 4.69) is 67.5 Å². The molecule has 0 aliphatic rings. The molecular weight excluding hydrogens is 396 g/mol. The van der Waals surface area contributed by atoms with E-state index in [0.717, 1.165) is 22.3 Å². The summed E-state index contributed by atoms with van der Waals surface area (Å²) < 4.78 is 0. The van der Waals surface area contributed by atoms with Gasteiger partial charge in [0.2, 0.25) is 5.91 Å². The first-order valence-corrected chi connectivity index (χ1v) is 11.0. The average molecular weight is 425 g/mol. The topological polar surface area (TPSA) is 59.8 Å². The Morgan fingerprint density at radius 3 is 2.03 bits per heavy atom. The number of carbonyl (C=O) groups excluding carboxylic acids is 1. The quantitative estimate of drug-likeness (QED) is 0.369. The first-order chi connectivity index (χ1) is 15.4. The van der Waals surface area contributed by atoms with Crippen molar-refractivity contribution in [1.82, 2.24) is 15.0 Å². The van der Waals surface area contributed by atoms with Crippen molar-refractivity contribution < 1.29 is 4.79 Å². The van der Waals surface area contributed by atoms with Gasteiger partial charge in [0.25, 0.3) is 0 Å². The fraction of sp³-hybridized carbons (Fsp3) is 0.222. The van der Waals surface area contributed by atoms with Crippen molar-refractivity contribution in [3.05, 3.63) is 89.5 Å². The standard InChI is InChI=1S/C27H28N4O/c1-18(2)21-8-5-20(6-9-21)7-16-27(32)28-23-12-15-25-26(17-23)30-31(29-25)24-13-10-22(11-14-24)19(3)4/h5-19H,1-4H3,(H,28,32)/b16-7+. The third kappa shape index (κ3) is 4.94. The predicted octanol–water partition coefficient (Wildman–Crippen LogP) is 6.32. The number of hydrogen-bond acceptors (Lipinski definition) is 3. The second kappa shape index (κ2) is 9.18. The van der Waals surface area contributed by atoms with Gasteiger partial charge in [-0.25, -0.2) is 0 Å². The summed E-state index contributed by atoms with van der Waals surface area (Å²) in [4.78, 5) is 14.0. The molecule has 162 valence electrons. The fourth-order valence-electron chi connectivity index (χ4n) is 3.45. The predicted molar refractivity (Wildman–Crippen MR) is 131 cm³/mol. The van der Waals surface area contributed by atoms with Gasteiger partial charge in [0.15, 0.2) is 0 Å². The van der Waals surface area contributed by atoms with Crippen LogP contribution in [-0.2, 0) is 4.79 Å². The summed E-state index contributed by atoms with van der Waals surface area (Å²) >= 11 is 0. The van der Waals surface area contributed by atoms with Crippen molar-refractivity contribution in [3.8, 4) is 5.69 Å². The molecule has 0 radical (unpaired) electrons. The van der Waals surface area contributed by atoms with Crippen LogP contribution in [0.4, 0.5) is 5.69 Å². The Hall–Kier alpha value is -3.73. The zero-order chi connectivity index (χ0) is 22.7. The van der Waals surface area contributed by atoms with E-state index in [1.807, 2.05) is 48.5 Å². The molecule has 5 nitrogen and oxygen atoms in total. The minimum absolute atomic E-state index is 0.186. The molecule has 0 saturated carbocycles. The summed E-state index contributed by atoms with van der Waals surface area (Å²) in [6, 6.07) is 22.0. The van der Waals surface area contributed by atoms with Gasteiger partial charge < -0.3 is 5.32 Å². The lowest BCUT2D eigenvalue weighted by molar-refractivity contribution is -0.111. The number of nitrogens with zero attached hydrogens (tertiary/aromatic N) is 3. The molecule has 1 heterocycles. The van der Waals surface area contributed by atoms with Gasteiger partial charge in [-0.3, -0.25) is 4.79 Å². The molecule has 1 amide bonds. The van der Waals surface area contributed by atoms with E-state index in [1.165, 1.54) is 11.1 Å². The molecule has 0 aliphatic carbocycles.